The van der Waals surface area contributed by atoms with Crippen molar-refractivity contribution in [3.63, 3.8) is 0 Å². The van der Waals surface area contributed by atoms with Gasteiger partial charge in [0, 0.05) is 44.1 Å². The summed E-state index contributed by atoms with van der Waals surface area (Å²) in [5.41, 5.74) is 1.10. The van der Waals surface area contributed by atoms with Gasteiger partial charge in [0.15, 0.2) is 0 Å². The first kappa shape index (κ1) is 21.5. The van der Waals surface area contributed by atoms with Gasteiger partial charge in [-0.3, -0.25) is 9.78 Å². The lowest BCUT2D eigenvalue weighted by molar-refractivity contribution is -0.124. The standard InChI is InChI=1S/C24H27N5O4/c1-31-19-4-2-18(3-5-19)23(30)29-11-7-24(8-12-29)15-17(6-13-32-24)14-21-27-22(28-33-21)20-16-25-9-10-26-20/h2-5,9-10,16-17H,6-8,11-15H2,1H3. The van der Waals surface area contributed by atoms with Crippen LogP contribution in [0.2, 0.25) is 0 Å². The first-order valence-electron chi connectivity index (χ1n) is 11.3. The van der Waals surface area contributed by atoms with Crippen LogP contribution >= 0.6 is 0 Å². The van der Waals surface area contributed by atoms with Crippen molar-refractivity contribution in [2.24, 2.45) is 5.92 Å². The highest BCUT2D eigenvalue weighted by Gasteiger charge is 2.41. The molecule has 2 aliphatic heterocycles. The van der Waals surface area contributed by atoms with Crippen LogP contribution in [0, 0.1) is 5.92 Å². The lowest BCUT2D eigenvalue weighted by atomic mass is 9.78. The van der Waals surface area contributed by atoms with E-state index in [4.69, 9.17) is 14.0 Å². The van der Waals surface area contributed by atoms with Gasteiger partial charge in [-0.25, -0.2) is 4.98 Å². The second-order valence-corrected chi connectivity index (χ2v) is 8.72. The number of piperidine rings is 1. The number of rotatable bonds is 5. The lowest BCUT2D eigenvalue weighted by Crippen LogP contribution is -2.51. The molecule has 1 atom stereocenters. The van der Waals surface area contributed by atoms with Crippen molar-refractivity contribution in [3.8, 4) is 17.3 Å². The van der Waals surface area contributed by atoms with Gasteiger partial charge in [0.1, 0.15) is 11.4 Å². The fourth-order valence-electron chi connectivity index (χ4n) is 4.79. The van der Waals surface area contributed by atoms with Crippen LogP contribution in [0.5, 0.6) is 5.75 Å². The Kier molecular flexibility index (Phi) is 6.04. The molecule has 9 heteroatoms. The fourth-order valence-corrected chi connectivity index (χ4v) is 4.79. The maximum absolute atomic E-state index is 12.9. The van der Waals surface area contributed by atoms with Gasteiger partial charge in [-0.2, -0.15) is 4.98 Å². The molecule has 1 aromatic carbocycles. The van der Waals surface area contributed by atoms with E-state index in [0.717, 1.165) is 31.4 Å². The molecule has 33 heavy (non-hydrogen) atoms. The van der Waals surface area contributed by atoms with E-state index in [9.17, 15) is 4.79 Å². The molecular weight excluding hydrogens is 422 g/mol. The summed E-state index contributed by atoms with van der Waals surface area (Å²) >= 11 is 0. The molecule has 1 unspecified atom stereocenters. The molecule has 2 aliphatic rings. The SMILES string of the molecule is COc1ccc(C(=O)N2CCC3(CC2)CC(Cc2nc(-c4cnccn4)no2)CCO3)cc1. The molecule has 9 nitrogen and oxygen atoms in total. The zero-order valence-electron chi connectivity index (χ0n) is 18.6. The van der Waals surface area contributed by atoms with E-state index in [1.807, 2.05) is 29.2 Å². The smallest absolute Gasteiger partial charge is 0.253 e. The third-order valence-corrected chi connectivity index (χ3v) is 6.62. The minimum atomic E-state index is -0.187. The Bertz CT molecular complexity index is 1080. The minimum Gasteiger partial charge on any atom is -0.497 e. The quantitative estimate of drug-likeness (QED) is 0.585. The van der Waals surface area contributed by atoms with Crippen LogP contribution < -0.4 is 4.74 Å². The Labute approximate surface area is 192 Å². The number of nitrogens with zero attached hydrogens (tertiary/aromatic N) is 5. The molecule has 0 bridgehead atoms. The zero-order valence-corrected chi connectivity index (χ0v) is 18.6. The van der Waals surface area contributed by atoms with Gasteiger partial charge in [0.2, 0.25) is 11.7 Å². The normalized spacial score (nSPS) is 20.0. The molecule has 4 heterocycles. The number of ether oxygens (including phenoxy) is 2. The highest BCUT2D eigenvalue weighted by molar-refractivity contribution is 5.94. The second kappa shape index (κ2) is 9.27. The van der Waals surface area contributed by atoms with Gasteiger partial charge < -0.3 is 18.9 Å². The van der Waals surface area contributed by atoms with Crippen LogP contribution in [-0.2, 0) is 11.2 Å². The number of hydrogen-bond donors (Lipinski definition) is 0. The van der Waals surface area contributed by atoms with Gasteiger partial charge in [-0.15, -0.1) is 0 Å². The van der Waals surface area contributed by atoms with Crippen LogP contribution in [0.3, 0.4) is 0 Å². The minimum absolute atomic E-state index is 0.0577. The Hall–Kier alpha value is -3.33. The molecule has 2 aromatic heterocycles. The first-order chi connectivity index (χ1) is 16.1. The molecule has 2 saturated heterocycles. The van der Waals surface area contributed by atoms with Gasteiger partial charge >= 0.3 is 0 Å². The van der Waals surface area contributed by atoms with Gasteiger partial charge in [0.05, 0.1) is 18.9 Å². The maximum Gasteiger partial charge on any atom is 0.253 e. The number of carbonyl (C=O) groups excluding carboxylic acids is 1. The number of aromatic nitrogens is 4. The number of likely N-dealkylation sites (tertiary alicyclic amines) is 1. The first-order valence-corrected chi connectivity index (χ1v) is 11.3. The summed E-state index contributed by atoms with van der Waals surface area (Å²) in [6.45, 7) is 2.09. The molecule has 1 amide bonds. The van der Waals surface area contributed by atoms with Crippen molar-refractivity contribution in [1.82, 2.24) is 25.0 Å². The molecule has 3 aromatic rings. The summed E-state index contributed by atoms with van der Waals surface area (Å²) in [7, 11) is 1.62. The molecule has 5 rings (SSSR count). The fraction of sp³-hybridized carbons (Fsp3) is 0.458. The van der Waals surface area contributed by atoms with E-state index in [2.05, 4.69) is 20.1 Å². The highest BCUT2D eigenvalue weighted by Crippen LogP contribution is 2.39. The number of benzene rings is 1. The molecule has 2 fully saturated rings. The van der Waals surface area contributed by atoms with Crippen molar-refractivity contribution >= 4 is 5.91 Å². The van der Waals surface area contributed by atoms with Crippen LogP contribution in [0.25, 0.3) is 11.5 Å². The van der Waals surface area contributed by atoms with E-state index >= 15 is 0 Å². The van der Waals surface area contributed by atoms with Crippen molar-refractivity contribution in [2.45, 2.75) is 37.7 Å². The molecule has 172 valence electrons. The Morgan fingerprint density at radius 2 is 2.03 bits per heavy atom. The van der Waals surface area contributed by atoms with E-state index in [-0.39, 0.29) is 11.5 Å². The van der Waals surface area contributed by atoms with Crippen LogP contribution in [0.4, 0.5) is 0 Å². The summed E-state index contributed by atoms with van der Waals surface area (Å²) in [4.78, 5) is 27.6. The molecule has 0 aliphatic carbocycles. The monoisotopic (exact) mass is 449 g/mol. The predicted octanol–water partition coefficient (Wildman–Crippen LogP) is 3.18. The molecular formula is C24H27N5O4. The van der Waals surface area contributed by atoms with E-state index in [1.54, 1.807) is 25.7 Å². The Balaban J connectivity index is 1.18. The van der Waals surface area contributed by atoms with E-state index in [1.165, 1.54) is 0 Å². The average Bonchev–Trinajstić information content (AvgIpc) is 3.33. The topological polar surface area (TPSA) is 103 Å². The Morgan fingerprint density at radius 3 is 2.76 bits per heavy atom. The highest BCUT2D eigenvalue weighted by atomic mass is 16.5. The predicted molar refractivity (Wildman–Crippen MR) is 119 cm³/mol. The second-order valence-electron chi connectivity index (χ2n) is 8.72. The summed E-state index contributed by atoms with van der Waals surface area (Å²) in [5, 5.41) is 4.05. The third-order valence-electron chi connectivity index (χ3n) is 6.62. The molecule has 0 N–H and O–H groups in total. The van der Waals surface area contributed by atoms with Gasteiger partial charge in [-0.05, 0) is 55.9 Å². The van der Waals surface area contributed by atoms with Crippen molar-refractivity contribution in [2.75, 3.05) is 26.8 Å². The van der Waals surface area contributed by atoms with Crippen LogP contribution in [-0.4, -0.2) is 63.3 Å². The maximum atomic E-state index is 12.9. The average molecular weight is 450 g/mol. The number of amides is 1. The van der Waals surface area contributed by atoms with Crippen LogP contribution in [0.15, 0.2) is 47.4 Å². The Morgan fingerprint density at radius 1 is 1.21 bits per heavy atom. The number of methoxy groups -OCH3 is 1. The molecule has 0 saturated carbocycles. The number of hydrogen-bond acceptors (Lipinski definition) is 8. The van der Waals surface area contributed by atoms with E-state index < -0.39 is 0 Å². The molecule has 0 radical (unpaired) electrons. The summed E-state index contributed by atoms with van der Waals surface area (Å²) < 4.78 is 16.9. The third kappa shape index (κ3) is 4.73. The van der Waals surface area contributed by atoms with Crippen molar-refractivity contribution in [1.29, 1.82) is 0 Å². The lowest BCUT2D eigenvalue weighted by Gasteiger charge is -2.46. The summed E-state index contributed by atoms with van der Waals surface area (Å²) in [6, 6.07) is 7.28. The van der Waals surface area contributed by atoms with Crippen LogP contribution in [0.1, 0.15) is 41.9 Å². The number of carbonyl (C=O) groups is 1. The molecule has 1 spiro atoms. The zero-order chi connectivity index (χ0) is 22.7. The van der Waals surface area contributed by atoms with Gasteiger partial charge in [0.25, 0.3) is 5.91 Å². The van der Waals surface area contributed by atoms with E-state index in [0.29, 0.717) is 55.0 Å². The van der Waals surface area contributed by atoms with Gasteiger partial charge in [-0.1, -0.05) is 5.16 Å². The van der Waals surface area contributed by atoms with Crippen molar-refractivity contribution in [3.05, 3.63) is 54.3 Å². The van der Waals surface area contributed by atoms with Crippen molar-refractivity contribution < 1.29 is 18.8 Å². The summed E-state index contributed by atoms with van der Waals surface area (Å²) in [5.74, 6) is 2.28. The summed E-state index contributed by atoms with van der Waals surface area (Å²) in [6.07, 6.45) is 9.12. The largest absolute Gasteiger partial charge is 0.497 e.